The van der Waals surface area contributed by atoms with Gasteiger partial charge in [0.05, 0.1) is 22.1 Å². The molecule has 52 heavy (non-hydrogen) atoms. The molecule has 0 radical (unpaired) electrons. The van der Waals surface area contributed by atoms with Crippen LogP contribution in [-0.2, 0) is 0 Å². The van der Waals surface area contributed by atoms with Crippen LogP contribution in [0, 0.1) is 0 Å². The Morgan fingerprint density at radius 3 is 1.52 bits per heavy atom. The Morgan fingerprint density at radius 1 is 0.327 bits per heavy atom. The molecule has 3 nitrogen and oxygen atoms in total. The number of nitrogens with zero attached hydrogens (tertiary/aromatic N) is 2. The van der Waals surface area contributed by atoms with E-state index in [-0.39, 0.29) is 0 Å². The first-order valence-corrected chi connectivity index (χ1v) is 18.5. The normalized spacial score (nSPS) is 12.2. The van der Waals surface area contributed by atoms with Gasteiger partial charge in [-0.15, -0.1) is 11.3 Å². The van der Waals surface area contributed by atoms with E-state index >= 15 is 0 Å². The summed E-state index contributed by atoms with van der Waals surface area (Å²) in [6.07, 6.45) is 0. The minimum atomic E-state index is 0.900. The SMILES string of the molecule is c1ccc2c(c1)oc1cc(-n3c4ccccc4c4cc(-c5ccc6c(c5)c5ccccc5n6-c5ccc6c(c5)sc5ccccc56)ccc43)ccc12. The Labute approximate surface area is 301 Å². The lowest BCUT2D eigenvalue weighted by molar-refractivity contribution is 0.668. The first-order chi connectivity index (χ1) is 25.8. The molecule has 12 rings (SSSR count). The molecule has 4 heterocycles. The second-order valence-corrected chi connectivity index (χ2v) is 14.8. The van der Waals surface area contributed by atoms with E-state index in [1.165, 1.54) is 80.6 Å². The van der Waals surface area contributed by atoms with Crippen LogP contribution in [0.15, 0.2) is 174 Å². The Bertz CT molecular complexity index is 3200. The Kier molecular flexibility index (Phi) is 5.65. The summed E-state index contributed by atoms with van der Waals surface area (Å²) in [6.45, 7) is 0. The molecule has 0 aliphatic heterocycles. The highest BCUT2D eigenvalue weighted by Crippen LogP contribution is 2.41. The maximum Gasteiger partial charge on any atom is 0.137 e. The van der Waals surface area contributed by atoms with E-state index in [2.05, 4.69) is 167 Å². The maximum absolute atomic E-state index is 6.30. The molecule has 0 saturated carbocycles. The fourth-order valence-electron chi connectivity index (χ4n) is 8.57. The largest absolute Gasteiger partial charge is 0.456 e. The number of rotatable bonds is 3. The summed E-state index contributed by atoms with van der Waals surface area (Å²) in [4.78, 5) is 0. The number of para-hydroxylation sites is 3. The van der Waals surface area contributed by atoms with Gasteiger partial charge >= 0.3 is 0 Å². The molecule has 0 aliphatic carbocycles. The number of benzene rings is 8. The van der Waals surface area contributed by atoms with Crippen molar-refractivity contribution in [2.45, 2.75) is 0 Å². The predicted molar refractivity (Wildman–Crippen MR) is 221 cm³/mol. The van der Waals surface area contributed by atoms with E-state index in [1.807, 2.05) is 23.5 Å². The zero-order chi connectivity index (χ0) is 33.9. The summed E-state index contributed by atoms with van der Waals surface area (Å²) < 4.78 is 13.7. The number of hydrogen-bond acceptors (Lipinski definition) is 2. The van der Waals surface area contributed by atoms with E-state index in [0.717, 1.165) is 27.6 Å². The Hall–Kier alpha value is -6.62. The van der Waals surface area contributed by atoms with Crippen LogP contribution in [-0.4, -0.2) is 9.13 Å². The molecule has 8 aromatic carbocycles. The van der Waals surface area contributed by atoms with Crippen molar-refractivity contribution in [3.63, 3.8) is 0 Å². The van der Waals surface area contributed by atoms with Gasteiger partial charge < -0.3 is 13.6 Å². The molecular formula is C48H28N2OS. The highest BCUT2D eigenvalue weighted by Gasteiger charge is 2.18. The lowest BCUT2D eigenvalue weighted by Crippen LogP contribution is -1.93. The summed E-state index contributed by atoms with van der Waals surface area (Å²) in [5.41, 5.74) is 11.3. The first-order valence-electron chi connectivity index (χ1n) is 17.7. The molecule has 0 atom stereocenters. The molecule has 0 N–H and O–H groups in total. The van der Waals surface area contributed by atoms with Crippen molar-refractivity contribution in [2.24, 2.45) is 0 Å². The van der Waals surface area contributed by atoms with Gasteiger partial charge in [-0.3, -0.25) is 0 Å². The maximum atomic E-state index is 6.30. The predicted octanol–water partition coefficient (Wildman–Crippen LogP) is 13.8. The minimum Gasteiger partial charge on any atom is -0.456 e. The standard InChI is InChI=1S/C48H28N2OS/c1-5-13-41-33(9-1)39-25-29(17-23-43(39)49(41)31-19-21-36-35-11-3-7-15-45(35)51-46(36)27-31)30-18-24-44-40(26-30)34-10-2-6-14-42(34)50(44)32-20-22-38-37-12-4-8-16-47(37)52-48(38)28-32/h1-28H. The van der Waals surface area contributed by atoms with Gasteiger partial charge in [0.25, 0.3) is 0 Å². The Balaban J connectivity index is 1.02. The van der Waals surface area contributed by atoms with Crippen molar-refractivity contribution < 1.29 is 4.42 Å². The third kappa shape index (κ3) is 3.90. The second-order valence-electron chi connectivity index (χ2n) is 13.7. The summed E-state index contributed by atoms with van der Waals surface area (Å²) >= 11 is 1.87. The van der Waals surface area contributed by atoms with Gasteiger partial charge in [-0.25, -0.2) is 0 Å². The van der Waals surface area contributed by atoms with Crippen molar-refractivity contribution in [1.82, 2.24) is 9.13 Å². The van der Waals surface area contributed by atoms with E-state index in [1.54, 1.807) is 0 Å². The number of furan rings is 1. The highest BCUT2D eigenvalue weighted by molar-refractivity contribution is 7.25. The van der Waals surface area contributed by atoms with Gasteiger partial charge in [-0.2, -0.15) is 0 Å². The van der Waals surface area contributed by atoms with Crippen LogP contribution in [0.25, 0.3) is 108 Å². The van der Waals surface area contributed by atoms with Crippen LogP contribution in [0.3, 0.4) is 0 Å². The van der Waals surface area contributed by atoms with E-state index in [9.17, 15) is 0 Å². The average molecular weight is 681 g/mol. The molecule has 242 valence electrons. The minimum absolute atomic E-state index is 0.900. The number of fused-ring (bicyclic) bond motifs is 12. The van der Waals surface area contributed by atoms with Gasteiger partial charge in [0.15, 0.2) is 0 Å². The molecule has 0 fully saturated rings. The molecule has 4 aromatic heterocycles. The first kappa shape index (κ1) is 28.1. The smallest absolute Gasteiger partial charge is 0.137 e. The van der Waals surface area contributed by atoms with Crippen LogP contribution >= 0.6 is 11.3 Å². The van der Waals surface area contributed by atoms with Crippen molar-refractivity contribution >= 4 is 97.1 Å². The van der Waals surface area contributed by atoms with E-state index in [0.29, 0.717) is 0 Å². The third-order valence-corrected chi connectivity index (χ3v) is 12.1. The molecule has 12 aromatic rings. The van der Waals surface area contributed by atoms with Crippen LogP contribution in [0.5, 0.6) is 0 Å². The van der Waals surface area contributed by atoms with Crippen molar-refractivity contribution in [1.29, 1.82) is 0 Å². The van der Waals surface area contributed by atoms with Crippen LogP contribution in [0.1, 0.15) is 0 Å². The number of aromatic nitrogens is 2. The molecule has 0 saturated heterocycles. The summed E-state index contributed by atoms with van der Waals surface area (Å²) in [5.74, 6) is 0. The van der Waals surface area contributed by atoms with Gasteiger partial charge in [0, 0.05) is 69.9 Å². The molecule has 0 spiro atoms. The quantitative estimate of drug-likeness (QED) is 0.182. The number of hydrogen-bond donors (Lipinski definition) is 0. The van der Waals surface area contributed by atoms with Crippen molar-refractivity contribution in [3.05, 3.63) is 170 Å². The average Bonchev–Trinajstić information content (AvgIpc) is 3.94. The molecule has 0 aliphatic rings. The lowest BCUT2D eigenvalue weighted by Gasteiger charge is -2.10. The summed E-state index contributed by atoms with van der Waals surface area (Å²) in [6, 6.07) is 61.9. The molecular weight excluding hydrogens is 653 g/mol. The topological polar surface area (TPSA) is 23.0 Å². The summed E-state index contributed by atoms with van der Waals surface area (Å²) in [7, 11) is 0. The van der Waals surface area contributed by atoms with Crippen LogP contribution in [0.4, 0.5) is 0 Å². The van der Waals surface area contributed by atoms with Gasteiger partial charge in [0.1, 0.15) is 11.2 Å². The van der Waals surface area contributed by atoms with Crippen molar-refractivity contribution in [3.8, 4) is 22.5 Å². The fourth-order valence-corrected chi connectivity index (χ4v) is 9.71. The molecule has 4 heteroatoms. The lowest BCUT2D eigenvalue weighted by atomic mass is 10.0. The molecule has 0 unspecified atom stereocenters. The van der Waals surface area contributed by atoms with E-state index < -0.39 is 0 Å². The van der Waals surface area contributed by atoms with Crippen LogP contribution < -0.4 is 0 Å². The Morgan fingerprint density at radius 2 is 0.827 bits per heavy atom. The fraction of sp³-hybridized carbons (Fsp3) is 0. The molecule has 0 bridgehead atoms. The third-order valence-electron chi connectivity index (χ3n) is 10.9. The highest BCUT2D eigenvalue weighted by atomic mass is 32.1. The summed E-state index contributed by atoms with van der Waals surface area (Å²) in [5, 5.41) is 9.91. The zero-order valence-electron chi connectivity index (χ0n) is 27.9. The van der Waals surface area contributed by atoms with Crippen molar-refractivity contribution in [2.75, 3.05) is 0 Å². The van der Waals surface area contributed by atoms with Gasteiger partial charge in [-0.05, 0) is 83.9 Å². The second kappa shape index (κ2) is 10.5. The number of thiophene rings is 1. The van der Waals surface area contributed by atoms with Gasteiger partial charge in [0.2, 0.25) is 0 Å². The molecule has 0 amide bonds. The monoisotopic (exact) mass is 680 g/mol. The van der Waals surface area contributed by atoms with Gasteiger partial charge in [-0.1, -0.05) is 91.0 Å². The van der Waals surface area contributed by atoms with Crippen LogP contribution in [0.2, 0.25) is 0 Å². The zero-order valence-corrected chi connectivity index (χ0v) is 28.7. The van der Waals surface area contributed by atoms with E-state index in [4.69, 9.17) is 4.42 Å².